The Bertz CT molecular complexity index is 483. The normalized spacial score (nSPS) is 12.0. The molecule has 0 aliphatic carbocycles. The topological polar surface area (TPSA) is 43.1 Å². The van der Waals surface area contributed by atoms with Gasteiger partial charge >= 0.3 is 6.18 Å². The van der Waals surface area contributed by atoms with Crippen LogP contribution in [0.25, 0.3) is 6.08 Å². The number of halogens is 3. The van der Waals surface area contributed by atoms with Crippen molar-refractivity contribution in [1.29, 1.82) is 0 Å². The van der Waals surface area contributed by atoms with Crippen molar-refractivity contribution in [3.8, 4) is 0 Å². The van der Waals surface area contributed by atoms with Gasteiger partial charge in [0.25, 0.3) is 0 Å². The van der Waals surface area contributed by atoms with E-state index in [-0.39, 0.29) is 16.4 Å². The van der Waals surface area contributed by atoms with Crippen molar-refractivity contribution in [2.75, 3.05) is 11.5 Å². The lowest BCUT2D eigenvalue weighted by Crippen LogP contribution is -2.07. The van der Waals surface area contributed by atoms with Gasteiger partial charge in [-0.1, -0.05) is 23.9 Å². The number of alkyl halides is 3. The zero-order chi connectivity index (χ0) is 14.5. The molecule has 0 aliphatic heterocycles. The molecule has 0 radical (unpaired) electrons. The van der Waals surface area contributed by atoms with Crippen LogP contribution in [0.15, 0.2) is 24.3 Å². The third kappa shape index (κ3) is 5.38. The fourth-order valence-electron chi connectivity index (χ4n) is 1.46. The Balaban J connectivity index is 2.79. The Morgan fingerprint density at radius 3 is 2.68 bits per heavy atom. The highest BCUT2D eigenvalue weighted by molar-refractivity contribution is 8.13. The van der Waals surface area contributed by atoms with Gasteiger partial charge in [-0.15, -0.1) is 0 Å². The summed E-state index contributed by atoms with van der Waals surface area (Å²) in [5.41, 5.74) is 5.11. The number of nitrogens with two attached hydrogens (primary N) is 1. The smallest absolute Gasteiger partial charge is 0.399 e. The van der Waals surface area contributed by atoms with E-state index < -0.39 is 11.7 Å². The van der Waals surface area contributed by atoms with Gasteiger partial charge in [0, 0.05) is 18.4 Å². The van der Waals surface area contributed by atoms with E-state index in [0.717, 1.165) is 17.8 Å². The summed E-state index contributed by atoms with van der Waals surface area (Å²) in [6, 6.07) is 3.49. The lowest BCUT2D eigenvalue weighted by atomic mass is 10.1. The molecule has 19 heavy (non-hydrogen) atoms. The fraction of sp³-hybridized carbons (Fsp3) is 0.308. The number of rotatable bonds is 4. The minimum Gasteiger partial charge on any atom is -0.399 e. The number of nitrogen functional groups attached to an aromatic ring is 1. The predicted octanol–water partition coefficient (Wildman–Crippen LogP) is 3.97. The highest BCUT2D eigenvalue weighted by Crippen LogP contribution is 2.33. The van der Waals surface area contributed by atoms with Crippen LogP contribution in [0, 0.1) is 0 Å². The summed E-state index contributed by atoms with van der Waals surface area (Å²) in [5.74, 6) is 0.551. The predicted molar refractivity (Wildman–Crippen MR) is 72.6 cm³/mol. The monoisotopic (exact) mass is 289 g/mol. The van der Waals surface area contributed by atoms with Crippen LogP contribution in [0.1, 0.15) is 24.5 Å². The van der Waals surface area contributed by atoms with Crippen molar-refractivity contribution >= 4 is 28.6 Å². The van der Waals surface area contributed by atoms with E-state index in [0.29, 0.717) is 12.2 Å². The molecular formula is C13H14F3NOS. The van der Waals surface area contributed by atoms with Gasteiger partial charge in [0.2, 0.25) is 0 Å². The summed E-state index contributed by atoms with van der Waals surface area (Å²) in [5, 5.41) is -0.00617. The van der Waals surface area contributed by atoms with Crippen LogP contribution in [0.4, 0.5) is 18.9 Å². The average Bonchev–Trinajstić information content (AvgIpc) is 2.26. The van der Waals surface area contributed by atoms with Gasteiger partial charge in [-0.3, -0.25) is 4.79 Å². The van der Waals surface area contributed by atoms with E-state index in [1.807, 2.05) is 0 Å². The van der Waals surface area contributed by atoms with Crippen LogP contribution in [0.3, 0.4) is 0 Å². The minimum atomic E-state index is -4.40. The first-order valence-corrected chi connectivity index (χ1v) is 6.56. The molecule has 1 aromatic rings. The number of thioether (sulfide) groups is 1. The van der Waals surface area contributed by atoms with Gasteiger partial charge in [-0.25, -0.2) is 0 Å². The molecule has 0 aliphatic rings. The van der Waals surface area contributed by atoms with E-state index in [1.165, 1.54) is 25.1 Å². The minimum absolute atomic E-state index is 0.00617. The van der Waals surface area contributed by atoms with E-state index in [4.69, 9.17) is 5.73 Å². The van der Waals surface area contributed by atoms with Crippen LogP contribution in [0.5, 0.6) is 0 Å². The molecule has 1 aromatic carbocycles. The Kier molecular flexibility index (Phi) is 5.47. The third-order valence-corrected chi connectivity index (χ3v) is 3.11. The maximum atomic E-state index is 12.7. The molecule has 0 heterocycles. The Morgan fingerprint density at radius 1 is 1.42 bits per heavy atom. The summed E-state index contributed by atoms with van der Waals surface area (Å²) >= 11 is 1.14. The highest BCUT2D eigenvalue weighted by Gasteiger charge is 2.32. The number of carbonyl (C=O) groups is 1. The van der Waals surface area contributed by atoms with Gasteiger partial charge in [0.05, 0.1) is 5.56 Å². The van der Waals surface area contributed by atoms with Crippen molar-refractivity contribution in [1.82, 2.24) is 0 Å². The summed E-state index contributed by atoms with van der Waals surface area (Å²) in [4.78, 5) is 10.7. The molecule has 0 saturated heterocycles. The molecule has 0 saturated carbocycles. The van der Waals surface area contributed by atoms with Crippen LogP contribution in [-0.4, -0.2) is 10.9 Å². The first kappa shape index (κ1) is 15.6. The van der Waals surface area contributed by atoms with Crippen molar-refractivity contribution in [3.05, 3.63) is 35.4 Å². The molecule has 0 unspecified atom stereocenters. The Morgan fingerprint density at radius 2 is 2.11 bits per heavy atom. The number of hydrogen-bond donors (Lipinski definition) is 1. The van der Waals surface area contributed by atoms with Crippen molar-refractivity contribution < 1.29 is 18.0 Å². The molecule has 0 amide bonds. The van der Waals surface area contributed by atoms with Gasteiger partial charge in [0.15, 0.2) is 5.12 Å². The standard InChI is InChI=1S/C13H14F3NOS/c1-9(18)19-7-3-2-4-10-8-11(17)5-6-12(10)13(14,15)16/h2,4-6,8H,3,7,17H2,1H3. The molecule has 0 spiro atoms. The first-order chi connectivity index (χ1) is 8.80. The molecule has 0 bridgehead atoms. The van der Waals surface area contributed by atoms with E-state index in [9.17, 15) is 18.0 Å². The zero-order valence-corrected chi connectivity index (χ0v) is 11.1. The molecule has 6 heteroatoms. The number of carbonyl (C=O) groups excluding carboxylic acids is 1. The molecular weight excluding hydrogens is 275 g/mol. The van der Waals surface area contributed by atoms with Crippen LogP contribution in [0.2, 0.25) is 0 Å². The maximum absolute atomic E-state index is 12.7. The second-order valence-corrected chi connectivity index (χ2v) is 5.15. The van der Waals surface area contributed by atoms with Gasteiger partial charge in [-0.05, 0) is 30.2 Å². The Hall–Kier alpha value is -1.43. The van der Waals surface area contributed by atoms with Gasteiger partial charge < -0.3 is 5.73 Å². The van der Waals surface area contributed by atoms with Crippen molar-refractivity contribution in [3.63, 3.8) is 0 Å². The van der Waals surface area contributed by atoms with E-state index >= 15 is 0 Å². The van der Waals surface area contributed by atoms with Crippen molar-refractivity contribution in [2.24, 2.45) is 0 Å². The van der Waals surface area contributed by atoms with Gasteiger partial charge in [-0.2, -0.15) is 13.2 Å². The fourth-order valence-corrected chi connectivity index (χ4v) is 2.00. The third-order valence-electron chi connectivity index (χ3n) is 2.27. The van der Waals surface area contributed by atoms with E-state index in [1.54, 1.807) is 6.08 Å². The molecule has 104 valence electrons. The zero-order valence-electron chi connectivity index (χ0n) is 10.3. The van der Waals surface area contributed by atoms with Crippen LogP contribution < -0.4 is 5.73 Å². The molecule has 0 fully saturated rings. The van der Waals surface area contributed by atoms with Crippen LogP contribution >= 0.6 is 11.8 Å². The summed E-state index contributed by atoms with van der Waals surface area (Å²) in [7, 11) is 0. The second-order valence-electron chi connectivity index (χ2n) is 3.88. The van der Waals surface area contributed by atoms with E-state index in [2.05, 4.69) is 0 Å². The van der Waals surface area contributed by atoms with Gasteiger partial charge in [0.1, 0.15) is 0 Å². The number of benzene rings is 1. The molecule has 0 atom stereocenters. The molecule has 1 rings (SSSR count). The summed E-state index contributed by atoms with van der Waals surface area (Å²) < 4.78 is 38.2. The van der Waals surface area contributed by atoms with Crippen molar-refractivity contribution in [2.45, 2.75) is 19.5 Å². The SMILES string of the molecule is CC(=O)SCCC=Cc1cc(N)ccc1C(F)(F)F. The first-order valence-electron chi connectivity index (χ1n) is 5.57. The molecule has 0 aromatic heterocycles. The number of anilines is 1. The maximum Gasteiger partial charge on any atom is 0.416 e. The number of hydrogen-bond acceptors (Lipinski definition) is 3. The summed E-state index contributed by atoms with van der Waals surface area (Å²) in [6.07, 6.45) is -0.877. The molecule has 2 nitrogen and oxygen atoms in total. The lowest BCUT2D eigenvalue weighted by molar-refractivity contribution is -0.137. The molecule has 2 N–H and O–H groups in total. The largest absolute Gasteiger partial charge is 0.416 e. The lowest BCUT2D eigenvalue weighted by Gasteiger charge is -2.10. The summed E-state index contributed by atoms with van der Waals surface area (Å²) in [6.45, 7) is 1.45. The van der Waals surface area contributed by atoms with Crippen LogP contribution in [-0.2, 0) is 11.0 Å². The second kappa shape index (κ2) is 6.65. The average molecular weight is 289 g/mol. The number of allylic oxidation sites excluding steroid dienone is 1. The Labute approximate surface area is 113 Å². The quantitative estimate of drug-likeness (QED) is 0.673. The highest BCUT2D eigenvalue weighted by atomic mass is 32.2.